The third kappa shape index (κ3) is 3.68. The Bertz CT molecular complexity index is 952. The Kier molecular flexibility index (Phi) is 4.59. The van der Waals surface area contributed by atoms with E-state index in [-0.39, 0.29) is 30.5 Å². The average molecular weight is 384 g/mol. The normalized spacial score (nSPS) is 16.7. The van der Waals surface area contributed by atoms with Crippen LogP contribution in [0.25, 0.3) is 10.8 Å². The number of nitrogens with one attached hydrogen (secondary N) is 1. The number of rotatable bonds is 5. The molecule has 4 rings (SSSR count). The minimum absolute atomic E-state index is 0.125. The van der Waals surface area contributed by atoms with Crippen LogP contribution in [-0.2, 0) is 16.1 Å². The number of nitrogens with zero attached hydrogens (tertiary/aromatic N) is 3. The highest BCUT2D eigenvalue weighted by atomic mass is 32.1. The van der Waals surface area contributed by atoms with Crippen LogP contribution in [-0.4, -0.2) is 33.6 Å². The molecule has 27 heavy (non-hydrogen) atoms. The van der Waals surface area contributed by atoms with Crippen molar-refractivity contribution in [1.82, 2.24) is 15.5 Å². The lowest BCUT2D eigenvalue weighted by Crippen LogP contribution is -2.32. The molecule has 1 aromatic carbocycles. The molecule has 0 saturated carbocycles. The highest BCUT2D eigenvalue weighted by Crippen LogP contribution is 2.27. The number of aromatic nitrogens is 2. The van der Waals surface area contributed by atoms with Gasteiger partial charge in [0.05, 0.1) is 17.3 Å². The van der Waals surface area contributed by atoms with Crippen molar-refractivity contribution in [3.63, 3.8) is 0 Å². The summed E-state index contributed by atoms with van der Waals surface area (Å²) >= 11 is 1.49. The van der Waals surface area contributed by atoms with E-state index in [1.54, 1.807) is 17.0 Å². The second-order valence-corrected chi connectivity index (χ2v) is 7.08. The molecule has 3 heterocycles. The number of carbonyl (C=O) groups excluding carboxylic acids is 2. The summed E-state index contributed by atoms with van der Waals surface area (Å²) in [5, 5.41) is 17.9. The van der Waals surface area contributed by atoms with Crippen molar-refractivity contribution in [2.45, 2.75) is 13.0 Å². The molecule has 3 aromatic rings. The highest BCUT2D eigenvalue weighted by Gasteiger charge is 2.35. The van der Waals surface area contributed by atoms with Gasteiger partial charge in [-0.1, -0.05) is 11.2 Å². The molecule has 1 atom stereocenters. The zero-order valence-corrected chi connectivity index (χ0v) is 15.0. The summed E-state index contributed by atoms with van der Waals surface area (Å²) in [5.41, 5.74) is 0.659. The molecule has 1 fully saturated rings. The molecule has 1 saturated heterocycles. The maximum absolute atomic E-state index is 12.4. The minimum Gasteiger partial charge on any atom is -0.508 e. The molecule has 0 aliphatic carbocycles. The van der Waals surface area contributed by atoms with Crippen LogP contribution >= 0.6 is 11.3 Å². The molecule has 138 valence electrons. The third-order valence-electron chi connectivity index (χ3n) is 4.28. The fourth-order valence-electron chi connectivity index (χ4n) is 2.90. The predicted molar refractivity (Wildman–Crippen MR) is 98.0 cm³/mol. The van der Waals surface area contributed by atoms with E-state index in [0.29, 0.717) is 23.9 Å². The van der Waals surface area contributed by atoms with Gasteiger partial charge in [-0.05, 0) is 35.7 Å². The predicted octanol–water partition coefficient (Wildman–Crippen LogP) is 2.17. The fourth-order valence-corrected chi connectivity index (χ4v) is 3.55. The van der Waals surface area contributed by atoms with E-state index >= 15 is 0 Å². The van der Waals surface area contributed by atoms with Gasteiger partial charge < -0.3 is 19.8 Å². The van der Waals surface area contributed by atoms with E-state index in [4.69, 9.17) is 4.52 Å². The molecule has 2 N–H and O–H groups in total. The number of amides is 2. The highest BCUT2D eigenvalue weighted by molar-refractivity contribution is 7.13. The summed E-state index contributed by atoms with van der Waals surface area (Å²) in [6, 6.07) is 10.1. The van der Waals surface area contributed by atoms with E-state index in [1.807, 2.05) is 17.5 Å². The van der Waals surface area contributed by atoms with Gasteiger partial charge in [-0.3, -0.25) is 9.59 Å². The zero-order valence-electron chi connectivity index (χ0n) is 14.2. The molecule has 1 aliphatic heterocycles. The third-order valence-corrected chi connectivity index (χ3v) is 5.14. The van der Waals surface area contributed by atoms with E-state index in [1.165, 1.54) is 23.5 Å². The van der Waals surface area contributed by atoms with Gasteiger partial charge >= 0.3 is 0 Å². The van der Waals surface area contributed by atoms with E-state index in [2.05, 4.69) is 15.5 Å². The smallest absolute Gasteiger partial charge is 0.268 e. The number of benzene rings is 1. The molecule has 8 nitrogen and oxygen atoms in total. The van der Waals surface area contributed by atoms with Gasteiger partial charge in [0.1, 0.15) is 5.75 Å². The van der Waals surface area contributed by atoms with Crippen LogP contribution in [0, 0.1) is 5.92 Å². The lowest BCUT2D eigenvalue weighted by molar-refractivity contribution is -0.126. The Balaban J connectivity index is 1.35. The fraction of sp³-hybridized carbons (Fsp3) is 0.222. The Morgan fingerprint density at radius 2 is 2.15 bits per heavy atom. The zero-order chi connectivity index (χ0) is 18.8. The number of hydrogen-bond donors (Lipinski definition) is 2. The van der Waals surface area contributed by atoms with Gasteiger partial charge in [0.2, 0.25) is 11.8 Å². The van der Waals surface area contributed by atoms with Gasteiger partial charge in [0.15, 0.2) is 5.82 Å². The van der Waals surface area contributed by atoms with Gasteiger partial charge in [-0.15, -0.1) is 11.3 Å². The number of hydrogen-bond acceptors (Lipinski definition) is 7. The second kappa shape index (κ2) is 7.20. The van der Waals surface area contributed by atoms with Gasteiger partial charge in [0.25, 0.3) is 5.89 Å². The maximum Gasteiger partial charge on any atom is 0.268 e. The van der Waals surface area contributed by atoms with Crippen molar-refractivity contribution < 1.29 is 19.2 Å². The SMILES string of the molecule is O=C(NCc1noc(-c2cccs2)n1)[C@@H]1CC(=O)N(c2ccc(O)cc2)C1. The van der Waals surface area contributed by atoms with Crippen LogP contribution in [0.5, 0.6) is 5.75 Å². The first kappa shape index (κ1) is 17.2. The van der Waals surface area contributed by atoms with Crippen molar-refractivity contribution in [1.29, 1.82) is 0 Å². The lowest BCUT2D eigenvalue weighted by Gasteiger charge is -2.16. The second-order valence-electron chi connectivity index (χ2n) is 6.13. The number of phenolic OH excluding ortho intramolecular Hbond substituents is 1. The molecule has 0 bridgehead atoms. The van der Waals surface area contributed by atoms with Crippen LogP contribution in [0.15, 0.2) is 46.3 Å². The Labute approximate surface area is 158 Å². The number of carbonyl (C=O) groups is 2. The van der Waals surface area contributed by atoms with Crippen molar-refractivity contribution in [2.75, 3.05) is 11.4 Å². The van der Waals surface area contributed by atoms with Crippen LogP contribution < -0.4 is 10.2 Å². The topological polar surface area (TPSA) is 109 Å². The van der Waals surface area contributed by atoms with Crippen molar-refractivity contribution in [3.05, 3.63) is 47.6 Å². The van der Waals surface area contributed by atoms with Gasteiger partial charge in [-0.25, -0.2) is 0 Å². The number of anilines is 1. The van der Waals surface area contributed by atoms with Crippen LogP contribution in [0.2, 0.25) is 0 Å². The maximum atomic E-state index is 12.4. The first-order chi connectivity index (χ1) is 13.1. The Morgan fingerprint density at radius 3 is 2.89 bits per heavy atom. The Morgan fingerprint density at radius 1 is 1.33 bits per heavy atom. The summed E-state index contributed by atoms with van der Waals surface area (Å²) in [6.07, 6.45) is 0.138. The van der Waals surface area contributed by atoms with Crippen LogP contribution in [0.3, 0.4) is 0 Å². The average Bonchev–Trinajstić information content (AvgIpc) is 3.41. The monoisotopic (exact) mass is 384 g/mol. The number of aromatic hydroxyl groups is 1. The first-order valence-corrected chi connectivity index (χ1v) is 9.21. The quantitative estimate of drug-likeness (QED) is 0.698. The summed E-state index contributed by atoms with van der Waals surface area (Å²) in [6.45, 7) is 0.430. The molecule has 2 amide bonds. The molecule has 0 spiro atoms. The lowest BCUT2D eigenvalue weighted by atomic mass is 10.1. The summed E-state index contributed by atoms with van der Waals surface area (Å²) in [5.74, 6) is 0.124. The molecule has 0 radical (unpaired) electrons. The standard InChI is InChI=1S/C18H16N4O4S/c23-13-5-3-12(4-6-13)22-10-11(8-16(22)24)17(25)19-9-15-20-18(26-21-15)14-2-1-7-27-14/h1-7,11,23H,8-10H2,(H,19,25)/t11-/m1/s1. The van der Waals surface area contributed by atoms with Crippen LogP contribution in [0.4, 0.5) is 5.69 Å². The molecular formula is C18H16N4O4S. The largest absolute Gasteiger partial charge is 0.508 e. The van der Waals surface area contributed by atoms with Crippen LogP contribution in [0.1, 0.15) is 12.2 Å². The molecular weight excluding hydrogens is 368 g/mol. The van der Waals surface area contributed by atoms with E-state index in [0.717, 1.165) is 4.88 Å². The molecule has 9 heteroatoms. The first-order valence-electron chi connectivity index (χ1n) is 8.34. The van der Waals surface area contributed by atoms with Gasteiger partial charge in [-0.2, -0.15) is 4.98 Å². The van der Waals surface area contributed by atoms with Crippen molar-refractivity contribution >= 4 is 28.8 Å². The summed E-state index contributed by atoms with van der Waals surface area (Å²) in [7, 11) is 0. The van der Waals surface area contributed by atoms with Crippen molar-refractivity contribution in [3.8, 4) is 16.5 Å². The van der Waals surface area contributed by atoms with E-state index < -0.39 is 5.92 Å². The molecule has 0 unspecified atom stereocenters. The number of phenols is 1. The molecule has 2 aromatic heterocycles. The molecule has 1 aliphatic rings. The van der Waals surface area contributed by atoms with E-state index in [9.17, 15) is 14.7 Å². The summed E-state index contributed by atoms with van der Waals surface area (Å²) < 4.78 is 5.18. The van der Waals surface area contributed by atoms with Crippen molar-refractivity contribution in [2.24, 2.45) is 5.92 Å². The Hall–Kier alpha value is -3.20. The van der Waals surface area contributed by atoms with Gasteiger partial charge in [0, 0.05) is 18.7 Å². The minimum atomic E-state index is -0.449. The summed E-state index contributed by atoms with van der Waals surface area (Å²) in [4.78, 5) is 31.3. The number of thiophene rings is 1.